The normalized spacial score (nSPS) is 14.7. The summed E-state index contributed by atoms with van der Waals surface area (Å²) >= 11 is 0. The lowest BCUT2D eigenvalue weighted by molar-refractivity contribution is -0.110. The van der Waals surface area contributed by atoms with Crippen LogP contribution in [-0.2, 0) is 14.8 Å². The van der Waals surface area contributed by atoms with Gasteiger partial charge in [0.1, 0.15) is 0 Å². The summed E-state index contributed by atoms with van der Waals surface area (Å²) in [6.07, 6.45) is 1.57. The molecule has 25 heavy (non-hydrogen) atoms. The van der Waals surface area contributed by atoms with Crippen molar-refractivity contribution in [3.05, 3.63) is 60.3 Å². The molecule has 128 valence electrons. The number of nitrogens with two attached hydrogens (primary N) is 1. The van der Waals surface area contributed by atoms with Gasteiger partial charge in [0.15, 0.2) is 5.96 Å². The van der Waals surface area contributed by atoms with Gasteiger partial charge in [-0.05, 0) is 30.3 Å². The van der Waals surface area contributed by atoms with Crippen molar-refractivity contribution >= 4 is 38.8 Å². The van der Waals surface area contributed by atoms with Gasteiger partial charge in [0, 0.05) is 23.1 Å². The summed E-state index contributed by atoms with van der Waals surface area (Å²) < 4.78 is 25.7. The molecule has 0 aliphatic carbocycles. The van der Waals surface area contributed by atoms with E-state index in [1.54, 1.807) is 18.3 Å². The highest BCUT2D eigenvalue weighted by Crippen LogP contribution is 2.31. The van der Waals surface area contributed by atoms with Crippen LogP contribution in [0.1, 0.15) is 5.56 Å². The second-order valence-electron chi connectivity index (χ2n) is 5.25. The van der Waals surface area contributed by atoms with Crippen LogP contribution >= 0.6 is 0 Å². The highest BCUT2D eigenvalue weighted by Gasteiger charge is 2.23. The number of benzene rings is 2. The molecule has 6 N–H and O–H groups in total. The first-order valence-electron chi connectivity index (χ1n) is 7.21. The van der Waals surface area contributed by atoms with E-state index in [2.05, 4.69) is 10.6 Å². The fourth-order valence-corrected chi connectivity index (χ4v) is 3.27. The zero-order valence-corrected chi connectivity index (χ0v) is 13.7. The van der Waals surface area contributed by atoms with Crippen molar-refractivity contribution in [1.82, 2.24) is 4.72 Å². The number of para-hydroxylation sites is 1. The lowest BCUT2D eigenvalue weighted by atomic mass is 10.1. The number of rotatable bonds is 4. The molecule has 2 aromatic carbocycles. The number of guanidine groups is 1. The first-order valence-corrected chi connectivity index (χ1v) is 8.69. The topological polar surface area (TPSA) is 137 Å². The molecule has 1 heterocycles. The lowest BCUT2D eigenvalue weighted by Gasteiger charge is -2.07. The molecule has 2 aromatic rings. The minimum atomic E-state index is -3.86. The maximum Gasteiger partial charge on any atom is 0.264 e. The quantitative estimate of drug-likeness (QED) is 0.319. The van der Waals surface area contributed by atoms with E-state index in [-0.39, 0.29) is 10.8 Å². The minimum Gasteiger partial charge on any atom is -0.369 e. The molecule has 0 aromatic heterocycles. The van der Waals surface area contributed by atoms with Gasteiger partial charge in [-0.2, -0.15) is 0 Å². The van der Waals surface area contributed by atoms with Crippen LogP contribution in [0.2, 0.25) is 0 Å². The molecule has 1 amide bonds. The third kappa shape index (κ3) is 3.45. The largest absolute Gasteiger partial charge is 0.369 e. The summed E-state index contributed by atoms with van der Waals surface area (Å²) in [7, 11) is -3.86. The smallest absolute Gasteiger partial charge is 0.264 e. The van der Waals surface area contributed by atoms with Crippen molar-refractivity contribution in [2.45, 2.75) is 4.90 Å². The third-order valence-corrected chi connectivity index (χ3v) is 4.88. The van der Waals surface area contributed by atoms with Crippen molar-refractivity contribution in [3.63, 3.8) is 0 Å². The molecule has 3 rings (SSSR count). The van der Waals surface area contributed by atoms with E-state index in [0.717, 1.165) is 11.3 Å². The second-order valence-corrected chi connectivity index (χ2v) is 6.93. The zero-order valence-electron chi connectivity index (χ0n) is 12.9. The molecule has 0 saturated carbocycles. The average molecular weight is 357 g/mol. The van der Waals surface area contributed by atoms with Crippen molar-refractivity contribution in [3.8, 4) is 0 Å². The fourth-order valence-electron chi connectivity index (χ4n) is 2.37. The Morgan fingerprint density at radius 3 is 2.48 bits per heavy atom. The SMILES string of the molecule is N=C(N)NS(=O)(=O)c1ccc(N/C=C2/C(=O)Nc3ccccc32)cc1. The lowest BCUT2D eigenvalue weighted by Crippen LogP contribution is -2.35. The van der Waals surface area contributed by atoms with Crippen molar-refractivity contribution in [2.24, 2.45) is 5.73 Å². The summed E-state index contributed by atoms with van der Waals surface area (Å²) in [5.41, 5.74) is 7.69. The number of hydrogen-bond acceptors (Lipinski definition) is 5. The van der Waals surface area contributed by atoms with E-state index in [1.165, 1.54) is 12.1 Å². The van der Waals surface area contributed by atoms with Crippen LogP contribution < -0.4 is 21.1 Å². The van der Waals surface area contributed by atoms with Gasteiger partial charge in [0.25, 0.3) is 15.9 Å². The fraction of sp³-hybridized carbons (Fsp3) is 0. The molecule has 0 unspecified atom stereocenters. The van der Waals surface area contributed by atoms with Gasteiger partial charge in [0.2, 0.25) is 0 Å². The summed E-state index contributed by atoms with van der Waals surface area (Å²) in [5, 5.41) is 12.7. The Balaban J connectivity index is 1.79. The van der Waals surface area contributed by atoms with Gasteiger partial charge in [-0.25, -0.2) is 13.1 Å². The van der Waals surface area contributed by atoms with Gasteiger partial charge < -0.3 is 16.4 Å². The van der Waals surface area contributed by atoms with Gasteiger partial charge in [0.05, 0.1) is 10.5 Å². The molecule has 0 spiro atoms. The van der Waals surface area contributed by atoms with Crippen LogP contribution in [0.25, 0.3) is 5.57 Å². The summed E-state index contributed by atoms with van der Waals surface area (Å²) in [6.45, 7) is 0. The van der Waals surface area contributed by atoms with Gasteiger partial charge >= 0.3 is 0 Å². The maximum atomic E-state index is 12.0. The third-order valence-electron chi connectivity index (χ3n) is 3.50. The molecule has 0 fully saturated rings. The Hall–Kier alpha value is -3.33. The molecule has 0 radical (unpaired) electrons. The number of anilines is 2. The zero-order chi connectivity index (χ0) is 18.0. The molecule has 1 aliphatic rings. The van der Waals surface area contributed by atoms with Crippen LogP contribution in [-0.4, -0.2) is 20.3 Å². The molecule has 8 nitrogen and oxygen atoms in total. The molecule has 0 bridgehead atoms. The number of fused-ring (bicyclic) bond motifs is 1. The molecular weight excluding hydrogens is 342 g/mol. The highest BCUT2D eigenvalue weighted by molar-refractivity contribution is 7.90. The van der Waals surface area contributed by atoms with E-state index in [9.17, 15) is 13.2 Å². The first kappa shape index (κ1) is 16.5. The standard InChI is InChI=1S/C16H15N5O3S/c17-16(18)21-25(23,24)11-7-5-10(6-8-11)19-9-13-12-3-1-2-4-14(12)20-15(13)22/h1-9,19H,(H,20,22)(H4,17,18,21)/b13-9+. The van der Waals surface area contributed by atoms with E-state index < -0.39 is 16.0 Å². The number of nitrogens with one attached hydrogen (secondary N) is 4. The molecular formula is C16H15N5O3S. The second kappa shape index (κ2) is 6.29. The van der Waals surface area contributed by atoms with E-state index >= 15 is 0 Å². The van der Waals surface area contributed by atoms with E-state index in [1.807, 2.05) is 29.0 Å². The first-order chi connectivity index (χ1) is 11.9. The maximum absolute atomic E-state index is 12.0. The van der Waals surface area contributed by atoms with Crippen molar-refractivity contribution < 1.29 is 13.2 Å². The van der Waals surface area contributed by atoms with Crippen LogP contribution in [0.4, 0.5) is 11.4 Å². The minimum absolute atomic E-state index is 0.0233. The van der Waals surface area contributed by atoms with Gasteiger partial charge in [-0.3, -0.25) is 10.2 Å². The number of carbonyl (C=O) groups excluding carboxylic acids is 1. The number of amides is 1. The number of hydrogen-bond donors (Lipinski definition) is 5. The van der Waals surface area contributed by atoms with Crippen LogP contribution in [0.3, 0.4) is 0 Å². The van der Waals surface area contributed by atoms with E-state index in [0.29, 0.717) is 11.3 Å². The Morgan fingerprint density at radius 2 is 1.80 bits per heavy atom. The monoisotopic (exact) mass is 357 g/mol. The predicted octanol–water partition coefficient (Wildman–Crippen LogP) is 1.26. The van der Waals surface area contributed by atoms with Crippen LogP contribution in [0.15, 0.2) is 59.6 Å². The van der Waals surface area contributed by atoms with Crippen LogP contribution in [0.5, 0.6) is 0 Å². The highest BCUT2D eigenvalue weighted by atomic mass is 32.2. The molecule has 0 saturated heterocycles. The van der Waals surface area contributed by atoms with Crippen molar-refractivity contribution in [2.75, 3.05) is 10.6 Å². The Bertz CT molecular complexity index is 981. The summed E-state index contributed by atoms with van der Waals surface area (Å²) in [4.78, 5) is 12.0. The van der Waals surface area contributed by atoms with Gasteiger partial charge in [-0.15, -0.1) is 0 Å². The van der Waals surface area contributed by atoms with E-state index in [4.69, 9.17) is 11.1 Å². The summed E-state index contributed by atoms with van der Waals surface area (Å²) in [5.74, 6) is -0.864. The predicted molar refractivity (Wildman–Crippen MR) is 95.3 cm³/mol. The van der Waals surface area contributed by atoms with Crippen molar-refractivity contribution in [1.29, 1.82) is 5.41 Å². The Labute approximate surface area is 144 Å². The molecule has 0 atom stereocenters. The average Bonchev–Trinajstić information content (AvgIpc) is 2.87. The number of carbonyl (C=O) groups is 1. The van der Waals surface area contributed by atoms with Crippen LogP contribution in [0, 0.1) is 5.41 Å². The molecule has 9 heteroatoms. The Morgan fingerprint density at radius 1 is 1.12 bits per heavy atom. The number of sulfonamides is 1. The molecule has 1 aliphatic heterocycles. The summed E-state index contributed by atoms with van der Waals surface area (Å²) in [6, 6.07) is 13.2. The van der Waals surface area contributed by atoms with Gasteiger partial charge in [-0.1, -0.05) is 18.2 Å². The Kier molecular flexibility index (Phi) is 4.15.